The first kappa shape index (κ1) is 21.0. The monoisotopic (exact) mass is 410 g/mol. The number of hydrogen-bond acceptors (Lipinski definition) is 8. The number of benzene rings is 1. The summed E-state index contributed by atoms with van der Waals surface area (Å²) < 4.78 is 16.1. The number of aliphatic carboxylic acids is 1. The van der Waals surface area contributed by atoms with Gasteiger partial charge in [-0.1, -0.05) is 37.8 Å². The molecule has 9 heteroatoms. The Labute approximate surface area is 167 Å². The third-order valence-electron chi connectivity index (χ3n) is 3.96. The zero-order valence-corrected chi connectivity index (χ0v) is 17.2. The van der Waals surface area contributed by atoms with E-state index in [1.54, 1.807) is 32.1 Å². The third kappa shape index (κ3) is 4.19. The highest BCUT2D eigenvalue weighted by Crippen LogP contribution is 2.40. The van der Waals surface area contributed by atoms with E-state index in [2.05, 4.69) is 0 Å². The van der Waals surface area contributed by atoms with Gasteiger partial charge >= 0.3 is 0 Å². The van der Waals surface area contributed by atoms with Crippen LogP contribution in [-0.2, 0) is 9.59 Å². The van der Waals surface area contributed by atoms with Gasteiger partial charge in [0.2, 0.25) is 5.75 Å². The van der Waals surface area contributed by atoms with Gasteiger partial charge in [-0.15, -0.1) is 0 Å². The summed E-state index contributed by atoms with van der Waals surface area (Å²) in [5, 5.41) is 11.5. The number of carbonyl (C=O) groups excluding carboxylic acids is 2. The molecule has 7 nitrogen and oxygen atoms in total. The summed E-state index contributed by atoms with van der Waals surface area (Å²) in [7, 11) is 4.48. The molecule has 1 aliphatic heterocycles. The molecule has 1 atom stereocenters. The molecule has 0 unspecified atom stereocenters. The van der Waals surface area contributed by atoms with Crippen LogP contribution >= 0.6 is 24.0 Å². The molecule has 1 amide bonds. The van der Waals surface area contributed by atoms with Crippen molar-refractivity contribution in [2.45, 2.75) is 19.9 Å². The lowest BCUT2D eigenvalue weighted by atomic mass is 10.0. The number of carboxylic acids is 1. The molecule has 1 aromatic carbocycles. The minimum atomic E-state index is -1.34. The fraction of sp³-hybridized carbons (Fsp3) is 0.389. The molecular formula is C18H20NO6S2-. The van der Waals surface area contributed by atoms with Crippen LogP contribution in [0.25, 0.3) is 6.08 Å². The van der Waals surface area contributed by atoms with Gasteiger partial charge in [0.15, 0.2) is 11.5 Å². The van der Waals surface area contributed by atoms with Crippen LogP contribution in [0.3, 0.4) is 0 Å². The van der Waals surface area contributed by atoms with Gasteiger partial charge in [0.25, 0.3) is 5.91 Å². The highest BCUT2D eigenvalue weighted by Gasteiger charge is 2.39. The molecule has 1 heterocycles. The van der Waals surface area contributed by atoms with Gasteiger partial charge in [-0.3, -0.25) is 9.69 Å². The minimum Gasteiger partial charge on any atom is -0.548 e. The van der Waals surface area contributed by atoms with Crippen LogP contribution in [0.1, 0.15) is 19.4 Å². The van der Waals surface area contributed by atoms with Crippen molar-refractivity contribution in [3.63, 3.8) is 0 Å². The third-order valence-corrected chi connectivity index (χ3v) is 5.29. The molecule has 2 rings (SSSR count). The van der Waals surface area contributed by atoms with E-state index in [0.29, 0.717) is 27.7 Å². The highest BCUT2D eigenvalue weighted by atomic mass is 32.2. The summed E-state index contributed by atoms with van der Waals surface area (Å²) in [6.45, 7) is 3.39. The first-order valence-corrected chi connectivity index (χ1v) is 9.25. The fourth-order valence-corrected chi connectivity index (χ4v) is 4.06. The Hall–Kier alpha value is -2.26. The van der Waals surface area contributed by atoms with E-state index in [4.69, 9.17) is 26.4 Å². The lowest BCUT2D eigenvalue weighted by molar-refractivity contribution is -0.311. The van der Waals surface area contributed by atoms with Crippen molar-refractivity contribution in [3.05, 3.63) is 22.6 Å². The van der Waals surface area contributed by atoms with E-state index >= 15 is 0 Å². The van der Waals surface area contributed by atoms with E-state index in [1.807, 2.05) is 0 Å². The van der Waals surface area contributed by atoms with E-state index < -0.39 is 17.9 Å². The molecule has 0 N–H and O–H groups in total. The van der Waals surface area contributed by atoms with Crippen molar-refractivity contribution in [2.24, 2.45) is 5.92 Å². The summed E-state index contributed by atoms with van der Waals surface area (Å²) in [6, 6.07) is 2.25. The maximum absolute atomic E-state index is 12.8. The zero-order valence-electron chi connectivity index (χ0n) is 15.6. The van der Waals surface area contributed by atoms with Crippen LogP contribution < -0.4 is 19.3 Å². The maximum atomic E-state index is 12.8. The van der Waals surface area contributed by atoms with E-state index in [1.165, 1.54) is 21.3 Å². The Balaban J connectivity index is 2.45. The average molecular weight is 410 g/mol. The SMILES string of the molecule is COc1cc(/C=C2\SC(=S)N([C@H](C(=O)[O-])C(C)C)C2=O)cc(OC)c1OC. The Morgan fingerprint density at radius 1 is 1.19 bits per heavy atom. The number of carboxylic acid groups (broad SMARTS) is 1. The van der Waals surface area contributed by atoms with E-state index in [-0.39, 0.29) is 10.2 Å². The molecule has 0 radical (unpaired) electrons. The molecule has 146 valence electrons. The van der Waals surface area contributed by atoms with Crippen LogP contribution in [0, 0.1) is 5.92 Å². The Morgan fingerprint density at radius 3 is 2.15 bits per heavy atom. The topological polar surface area (TPSA) is 88.1 Å². The number of nitrogens with zero attached hydrogens (tertiary/aromatic N) is 1. The first-order valence-electron chi connectivity index (χ1n) is 8.03. The van der Waals surface area contributed by atoms with Crippen molar-refractivity contribution in [1.82, 2.24) is 4.90 Å². The summed E-state index contributed by atoms with van der Waals surface area (Å²) in [6.07, 6.45) is 1.61. The largest absolute Gasteiger partial charge is 0.548 e. The van der Waals surface area contributed by atoms with Gasteiger partial charge in [0, 0.05) is 0 Å². The number of amides is 1. The van der Waals surface area contributed by atoms with Crippen molar-refractivity contribution in [1.29, 1.82) is 0 Å². The van der Waals surface area contributed by atoms with Crippen LogP contribution in [0.15, 0.2) is 17.0 Å². The molecule has 0 aromatic heterocycles. The summed E-state index contributed by atoms with van der Waals surface area (Å²) in [4.78, 5) is 25.7. The number of carbonyl (C=O) groups is 2. The molecule has 1 aromatic rings. The van der Waals surface area contributed by atoms with E-state index in [0.717, 1.165) is 16.7 Å². The summed E-state index contributed by atoms with van der Waals surface area (Å²) in [5.74, 6) is -0.849. The molecule has 0 aliphatic carbocycles. The number of rotatable bonds is 7. The van der Waals surface area contributed by atoms with E-state index in [9.17, 15) is 14.7 Å². The van der Waals surface area contributed by atoms with Crippen LogP contribution in [0.5, 0.6) is 17.2 Å². The Morgan fingerprint density at radius 2 is 1.74 bits per heavy atom. The number of thiocarbonyl (C=S) groups is 1. The quantitative estimate of drug-likeness (QED) is 0.496. The highest BCUT2D eigenvalue weighted by molar-refractivity contribution is 8.26. The van der Waals surface area contributed by atoms with Gasteiger partial charge in [0.1, 0.15) is 4.32 Å². The average Bonchev–Trinajstić information content (AvgIpc) is 2.88. The molecule has 0 bridgehead atoms. The fourth-order valence-electron chi connectivity index (χ4n) is 2.73. The van der Waals surface area contributed by atoms with Gasteiger partial charge in [-0.05, 0) is 29.7 Å². The van der Waals surface area contributed by atoms with Crippen molar-refractivity contribution < 1.29 is 28.9 Å². The molecular weight excluding hydrogens is 390 g/mol. The van der Waals surface area contributed by atoms with Crippen LogP contribution in [0.2, 0.25) is 0 Å². The number of thioether (sulfide) groups is 1. The second-order valence-electron chi connectivity index (χ2n) is 6.02. The predicted molar refractivity (Wildman–Crippen MR) is 105 cm³/mol. The molecule has 1 fully saturated rings. The van der Waals surface area contributed by atoms with Gasteiger partial charge in [-0.25, -0.2) is 0 Å². The maximum Gasteiger partial charge on any atom is 0.266 e. The first-order chi connectivity index (χ1) is 12.7. The molecule has 1 saturated heterocycles. The van der Waals surface area contributed by atoms with Crippen LogP contribution in [0.4, 0.5) is 0 Å². The second-order valence-corrected chi connectivity index (χ2v) is 7.69. The number of methoxy groups -OCH3 is 3. The minimum absolute atomic E-state index is 0.182. The number of ether oxygens (including phenoxy) is 3. The van der Waals surface area contributed by atoms with Gasteiger partial charge in [-0.2, -0.15) is 0 Å². The van der Waals surface area contributed by atoms with Crippen LogP contribution in [-0.4, -0.2) is 48.5 Å². The predicted octanol–water partition coefficient (Wildman–Crippen LogP) is 1.69. The molecule has 0 saturated carbocycles. The lowest BCUT2D eigenvalue weighted by Gasteiger charge is -2.30. The molecule has 0 spiro atoms. The van der Waals surface area contributed by atoms with Gasteiger partial charge in [0.05, 0.1) is 38.2 Å². The van der Waals surface area contributed by atoms with Crippen molar-refractivity contribution >= 4 is 46.3 Å². The smallest absolute Gasteiger partial charge is 0.266 e. The molecule has 1 aliphatic rings. The normalized spacial score (nSPS) is 16.8. The lowest BCUT2D eigenvalue weighted by Crippen LogP contribution is -2.52. The van der Waals surface area contributed by atoms with Crippen molar-refractivity contribution in [2.75, 3.05) is 21.3 Å². The Kier molecular flexibility index (Phi) is 6.72. The zero-order chi connectivity index (χ0) is 20.3. The summed E-state index contributed by atoms with van der Waals surface area (Å²) >= 11 is 6.27. The number of hydrogen-bond donors (Lipinski definition) is 0. The summed E-state index contributed by atoms with van der Waals surface area (Å²) in [5.41, 5.74) is 0.625. The van der Waals surface area contributed by atoms with Gasteiger partial charge < -0.3 is 24.1 Å². The van der Waals surface area contributed by atoms with Crippen molar-refractivity contribution in [3.8, 4) is 17.2 Å². The molecule has 27 heavy (non-hydrogen) atoms. The Bertz CT molecular complexity index is 780. The second kappa shape index (κ2) is 8.62. The standard InChI is InChI=1S/C18H21NO6S2/c1-9(2)14(17(21)22)19-16(20)13(27-18(19)26)8-10-6-11(23-3)15(25-5)12(7-10)24-4/h6-9,14H,1-5H3,(H,21,22)/p-1/b13-8-/t14-/m0/s1.